The molecule has 1 saturated heterocycles. The summed E-state index contributed by atoms with van der Waals surface area (Å²) in [5, 5.41) is 0. The first kappa shape index (κ1) is 18.7. The average molecular weight is 329 g/mol. The van der Waals surface area contributed by atoms with E-state index >= 15 is 0 Å². The molecule has 1 aromatic carbocycles. The second-order valence-electron chi connectivity index (χ2n) is 5.36. The number of halogens is 1. The van der Waals surface area contributed by atoms with Crippen molar-refractivity contribution in [3.8, 4) is 5.75 Å². The number of nitrogens with zero attached hydrogens (tertiary/aromatic N) is 1. The van der Waals surface area contributed by atoms with Gasteiger partial charge in [-0.25, -0.2) is 0 Å². The normalized spacial score (nSPS) is 17.2. The van der Waals surface area contributed by atoms with Crippen LogP contribution < -0.4 is 10.5 Å². The first-order valence-electron chi connectivity index (χ1n) is 7.45. The zero-order chi connectivity index (χ0) is 15.1. The van der Waals surface area contributed by atoms with E-state index in [0.717, 1.165) is 31.7 Å². The summed E-state index contributed by atoms with van der Waals surface area (Å²) < 4.78 is 10.5. The molecule has 0 aliphatic carbocycles. The second kappa shape index (κ2) is 9.66. The summed E-state index contributed by atoms with van der Waals surface area (Å²) in [6.07, 6.45) is 1.86. The summed E-state index contributed by atoms with van der Waals surface area (Å²) in [6, 6.07) is 7.33. The van der Waals surface area contributed by atoms with Crippen molar-refractivity contribution in [1.29, 1.82) is 0 Å². The van der Waals surface area contributed by atoms with Crippen LogP contribution in [0.4, 0.5) is 0 Å². The van der Waals surface area contributed by atoms with Crippen molar-refractivity contribution in [2.45, 2.75) is 12.8 Å². The van der Waals surface area contributed by atoms with Crippen molar-refractivity contribution < 1.29 is 14.3 Å². The van der Waals surface area contributed by atoms with Crippen molar-refractivity contribution in [1.82, 2.24) is 4.90 Å². The van der Waals surface area contributed by atoms with Crippen molar-refractivity contribution in [3.05, 3.63) is 29.8 Å². The van der Waals surface area contributed by atoms with E-state index in [0.29, 0.717) is 31.2 Å². The Morgan fingerprint density at radius 3 is 2.64 bits per heavy atom. The van der Waals surface area contributed by atoms with Crippen LogP contribution in [0.2, 0.25) is 0 Å². The molecule has 0 spiro atoms. The summed E-state index contributed by atoms with van der Waals surface area (Å²) in [5.74, 6) is 1.30. The van der Waals surface area contributed by atoms with Gasteiger partial charge in [-0.2, -0.15) is 0 Å². The van der Waals surface area contributed by atoms with Crippen LogP contribution >= 0.6 is 12.4 Å². The fourth-order valence-corrected chi connectivity index (χ4v) is 2.48. The summed E-state index contributed by atoms with van der Waals surface area (Å²) in [5.41, 5.74) is 6.36. The van der Waals surface area contributed by atoms with Gasteiger partial charge in [-0.15, -0.1) is 12.4 Å². The van der Waals surface area contributed by atoms with Gasteiger partial charge in [-0.3, -0.25) is 4.79 Å². The number of carbonyl (C=O) groups is 1. The molecule has 2 N–H and O–H groups in total. The van der Waals surface area contributed by atoms with Gasteiger partial charge in [-0.05, 0) is 43.1 Å². The van der Waals surface area contributed by atoms with Crippen LogP contribution in [0, 0.1) is 5.92 Å². The smallest absolute Gasteiger partial charge is 0.253 e. The predicted molar refractivity (Wildman–Crippen MR) is 88.7 cm³/mol. The molecule has 1 unspecified atom stereocenters. The molecule has 5 nitrogen and oxygen atoms in total. The Hall–Kier alpha value is -1.30. The van der Waals surface area contributed by atoms with Gasteiger partial charge >= 0.3 is 0 Å². The van der Waals surface area contributed by atoms with Crippen molar-refractivity contribution in [2.75, 3.05) is 40.0 Å². The lowest BCUT2D eigenvalue weighted by Gasteiger charge is -2.16. The molecule has 1 aliphatic rings. The minimum atomic E-state index is 0. The number of ether oxygens (including phenoxy) is 2. The predicted octanol–water partition coefficient (Wildman–Crippen LogP) is 1.94. The zero-order valence-electron chi connectivity index (χ0n) is 13.0. The van der Waals surface area contributed by atoms with Gasteiger partial charge in [-0.1, -0.05) is 0 Å². The molecular weight excluding hydrogens is 304 g/mol. The highest BCUT2D eigenvalue weighted by Crippen LogP contribution is 2.19. The molecule has 0 aromatic heterocycles. The molecule has 0 bridgehead atoms. The molecule has 1 heterocycles. The molecule has 0 saturated carbocycles. The number of carbonyl (C=O) groups excluding carboxylic acids is 1. The monoisotopic (exact) mass is 328 g/mol. The van der Waals surface area contributed by atoms with Crippen LogP contribution in [-0.4, -0.2) is 50.8 Å². The molecule has 22 heavy (non-hydrogen) atoms. The van der Waals surface area contributed by atoms with Crippen LogP contribution in [0.15, 0.2) is 24.3 Å². The molecule has 6 heteroatoms. The molecule has 124 valence electrons. The Labute approximate surface area is 138 Å². The van der Waals surface area contributed by atoms with E-state index in [-0.39, 0.29) is 18.3 Å². The van der Waals surface area contributed by atoms with E-state index < -0.39 is 0 Å². The molecule has 1 fully saturated rings. The first-order valence-corrected chi connectivity index (χ1v) is 7.45. The number of benzene rings is 1. The standard InChI is InChI=1S/C16H24N2O3.ClH/c1-20-9-2-10-21-15-5-3-14(4-6-15)16(19)18-8-7-13(11-17)12-18;/h3-6,13H,2,7-12,17H2,1H3;1H. The highest BCUT2D eigenvalue weighted by atomic mass is 35.5. The minimum absolute atomic E-state index is 0. The largest absolute Gasteiger partial charge is 0.494 e. The van der Waals surface area contributed by atoms with Gasteiger partial charge in [0.1, 0.15) is 5.75 Å². The Balaban J connectivity index is 0.00000242. The van der Waals surface area contributed by atoms with Gasteiger partial charge in [0.2, 0.25) is 0 Å². The maximum absolute atomic E-state index is 12.3. The summed E-state index contributed by atoms with van der Waals surface area (Å²) in [6.45, 7) is 3.53. The Morgan fingerprint density at radius 1 is 1.32 bits per heavy atom. The molecule has 1 amide bonds. The van der Waals surface area contributed by atoms with E-state index in [1.807, 2.05) is 29.2 Å². The van der Waals surface area contributed by atoms with Gasteiger partial charge in [0.25, 0.3) is 5.91 Å². The Bertz CT molecular complexity index is 453. The maximum Gasteiger partial charge on any atom is 0.253 e. The van der Waals surface area contributed by atoms with Gasteiger partial charge in [0.05, 0.1) is 6.61 Å². The molecule has 1 atom stereocenters. The molecule has 1 aliphatic heterocycles. The van der Waals surface area contributed by atoms with Crippen LogP contribution in [0.5, 0.6) is 5.75 Å². The highest BCUT2D eigenvalue weighted by Gasteiger charge is 2.25. The minimum Gasteiger partial charge on any atom is -0.494 e. The lowest BCUT2D eigenvalue weighted by atomic mass is 10.1. The Kier molecular flexibility index (Phi) is 8.24. The van der Waals surface area contributed by atoms with Gasteiger partial charge in [0.15, 0.2) is 0 Å². The number of nitrogens with two attached hydrogens (primary N) is 1. The molecule has 1 aromatic rings. The average Bonchev–Trinajstić information content (AvgIpc) is 3.00. The highest BCUT2D eigenvalue weighted by molar-refractivity contribution is 5.94. The van der Waals surface area contributed by atoms with Crippen LogP contribution in [0.25, 0.3) is 0 Å². The van der Waals surface area contributed by atoms with Crippen molar-refractivity contribution in [2.24, 2.45) is 11.7 Å². The quantitative estimate of drug-likeness (QED) is 0.777. The van der Waals surface area contributed by atoms with E-state index in [4.69, 9.17) is 15.2 Å². The van der Waals surface area contributed by atoms with Crippen molar-refractivity contribution in [3.63, 3.8) is 0 Å². The van der Waals surface area contributed by atoms with Gasteiger partial charge < -0.3 is 20.1 Å². The number of hydrogen-bond acceptors (Lipinski definition) is 4. The van der Waals surface area contributed by atoms with E-state index in [1.165, 1.54) is 0 Å². The second-order valence-corrected chi connectivity index (χ2v) is 5.36. The maximum atomic E-state index is 12.3. The summed E-state index contributed by atoms with van der Waals surface area (Å²) >= 11 is 0. The van der Waals surface area contributed by atoms with E-state index in [2.05, 4.69) is 0 Å². The number of rotatable bonds is 7. The molecule has 0 radical (unpaired) electrons. The zero-order valence-corrected chi connectivity index (χ0v) is 13.8. The van der Waals surface area contributed by atoms with Crippen LogP contribution in [0.3, 0.4) is 0 Å². The van der Waals surface area contributed by atoms with Gasteiger partial charge in [0, 0.05) is 38.8 Å². The molecular formula is C16H25ClN2O3. The third kappa shape index (κ3) is 5.16. The van der Waals surface area contributed by atoms with Crippen LogP contribution in [-0.2, 0) is 4.74 Å². The van der Waals surface area contributed by atoms with Crippen LogP contribution in [0.1, 0.15) is 23.2 Å². The van der Waals surface area contributed by atoms with E-state index in [1.54, 1.807) is 7.11 Å². The number of methoxy groups -OCH3 is 1. The van der Waals surface area contributed by atoms with E-state index in [9.17, 15) is 4.79 Å². The fraction of sp³-hybridized carbons (Fsp3) is 0.562. The fourth-order valence-electron chi connectivity index (χ4n) is 2.48. The number of amides is 1. The number of likely N-dealkylation sites (tertiary alicyclic amines) is 1. The molecule has 2 rings (SSSR count). The topological polar surface area (TPSA) is 64.8 Å². The third-order valence-corrected chi connectivity index (χ3v) is 3.77. The summed E-state index contributed by atoms with van der Waals surface area (Å²) in [4.78, 5) is 14.2. The number of hydrogen-bond donors (Lipinski definition) is 1. The Morgan fingerprint density at radius 2 is 2.05 bits per heavy atom. The first-order chi connectivity index (χ1) is 10.2. The van der Waals surface area contributed by atoms with Crippen molar-refractivity contribution >= 4 is 18.3 Å². The third-order valence-electron chi connectivity index (χ3n) is 3.77. The lowest BCUT2D eigenvalue weighted by Crippen LogP contribution is -2.29. The lowest BCUT2D eigenvalue weighted by molar-refractivity contribution is 0.0787. The SMILES string of the molecule is COCCCOc1ccc(C(=O)N2CCC(CN)C2)cc1.Cl. The summed E-state index contributed by atoms with van der Waals surface area (Å²) in [7, 11) is 1.67.